The second-order valence-electron chi connectivity index (χ2n) is 3.69. The molecule has 2 aromatic heterocycles. The standard InChI is InChI=1S/C11H11N3O2S/c1-7(2)16-9-3-8(4-12-5-9)11(15)10-6-13-14-17-10/h3-7H,1-2H3. The first-order valence-electron chi connectivity index (χ1n) is 5.10. The fourth-order valence-corrected chi connectivity index (χ4v) is 1.77. The molecule has 2 aromatic rings. The molecule has 0 saturated heterocycles. The average Bonchev–Trinajstić information content (AvgIpc) is 2.81. The van der Waals surface area contributed by atoms with Crippen molar-refractivity contribution in [3.63, 3.8) is 0 Å². The minimum atomic E-state index is -0.137. The second-order valence-corrected chi connectivity index (χ2v) is 4.47. The lowest BCUT2D eigenvalue weighted by atomic mass is 10.2. The summed E-state index contributed by atoms with van der Waals surface area (Å²) in [4.78, 5) is 16.5. The third kappa shape index (κ3) is 2.85. The molecule has 0 bridgehead atoms. The second kappa shape index (κ2) is 5.01. The largest absolute Gasteiger partial charge is 0.489 e. The Morgan fingerprint density at radius 2 is 2.18 bits per heavy atom. The van der Waals surface area contributed by atoms with Gasteiger partial charge in [0.2, 0.25) is 5.78 Å². The first-order valence-corrected chi connectivity index (χ1v) is 5.88. The van der Waals surface area contributed by atoms with Gasteiger partial charge in [0.1, 0.15) is 10.6 Å². The number of ether oxygens (including phenoxy) is 1. The fourth-order valence-electron chi connectivity index (χ4n) is 1.29. The zero-order valence-corrected chi connectivity index (χ0v) is 10.3. The number of aromatic nitrogens is 3. The molecule has 0 spiro atoms. The minimum Gasteiger partial charge on any atom is -0.489 e. The zero-order chi connectivity index (χ0) is 12.3. The van der Waals surface area contributed by atoms with Gasteiger partial charge in [-0.15, -0.1) is 5.10 Å². The Morgan fingerprint density at radius 1 is 1.35 bits per heavy atom. The molecule has 0 amide bonds. The third-order valence-electron chi connectivity index (χ3n) is 1.93. The molecule has 0 aliphatic heterocycles. The Balaban J connectivity index is 2.24. The highest BCUT2D eigenvalue weighted by Gasteiger charge is 2.13. The summed E-state index contributed by atoms with van der Waals surface area (Å²) in [6.07, 6.45) is 4.59. The number of nitrogens with zero attached hydrogens (tertiary/aromatic N) is 3. The fraction of sp³-hybridized carbons (Fsp3) is 0.273. The first kappa shape index (κ1) is 11.7. The summed E-state index contributed by atoms with van der Waals surface area (Å²) in [6, 6.07) is 1.68. The quantitative estimate of drug-likeness (QED) is 0.775. The van der Waals surface area contributed by atoms with E-state index in [1.54, 1.807) is 12.3 Å². The average molecular weight is 249 g/mol. The molecular weight excluding hydrogens is 238 g/mol. The third-order valence-corrected chi connectivity index (χ3v) is 2.60. The van der Waals surface area contributed by atoms with Crippen LogP contribution in [0.1, 0.15) is 29.1 Å². The topological polar surface area (TPSA) is 65.0 Å². The lowest BCUT2D eigenvalue weighted by Gasteiger charge is -2.09. The van der Waals surface area contributed by atoms with E-state index in [4.69, 9.17) is 4.74 Å². The van der Waals surface area contributed by atoms with Crippen LogP contribution < -0.4 is 4.74 Å². The maximum Gasteiger partial charge on any atom is 0.207 e. The van der Waals surface area contributed by atoms with Gasteiger partial charge >= 0.3 is 0 Å². The van der Waals surface area contributed by atoms with Crippen molar-refractivity contribution in [1.29, 1.82) is 0 Å². The molecule has 0 aromatic carbocycles. The molecule has 0 radical (unpaired) electrons. The van der Waals surface area contributed by atoms with Crippen LogP contribution in [0.25, 0.3) is 0 Å². The molecule has 0 atom stereocenters. The van der Waals surface area contributed by atoms with E-state index in [1.165, 1.54) is 12.4 Å². The molecular formula is C11H11N3O2S. The van der Waals surface area contributed by atoms with Crippen molar-refractivity contribution >= 4 is 17.3 Å². The Morgan fingerprint density at radius 3 is 2.82 bits per heavy atom. The van der Waals surface area contributed by atoms with Crippen LogP contribution in [-0.4, -0.2) is 26.5 Å². The van der Waals surface area contributed by atoms with Gasteiger partial charge in [-0.05, 0) is 31.4 Å². The summed E-state index contributed by atoms with van der Waals surface area (Å²) in [7, 11) is 0. The van der Waals surface area contributed by atoms with Gasteiger partial charge in [-0.2, -0.15) is 0 Å². The van der Waals surface area contributed by atoms with Crippen molar-refractivity contribution in [3.8, 4) is 5.75 Å². The highest BCUT2D eigenvalue weighted by molar-refractivity contribution is 7.08. The van der Waals surface area contributed by atoms with Crippen LogP contribution in [0.5, 0.6) is 5.75 Å². The Bertz CT molecular complexity index is 511. The van der Waals surface area contributed by atoms with Gasteiger partial charge < -0.3 is 4.74 Å². The molecule has 0 aliphatic carbocycles. The number of ketones is 1. The molecule has 0 saturated carbocycles. The molecule has 17 heavy (non-hydrogen) atoms. The molecule has 0 N–H and O–H groups in total. The Kier molecular flexibility index (Phi) is 3.43. The lowest BCUT2D eigenvalue weighted by Crippen LogP contribution is -2.07. The van der Waals surface area contributed by atoms with Crippen LogP contribution in [-0.2, 0) is 0 Å². The predicted molar refractivity (Wildman–Crippen MR) is 63.3 cm³/mol. The van der Waals surface area contributed by atoms with Gasteiger partial charge in [0.05, 0.1) is 18.5 Å². The van der Waals surface area contributed by atoms with Crippen LogP contribution in [0.2, 0.25) is 0 Å². The number of carbonyl (C=O) groups is 1. The van der Waals surface area contributed by atoms with Crippen molar-refractivity contribution < 1.29 is 9.53 Å². The predicted octanol–water partition coefficient (Wildman–Crippen LogP) is 1.95. The molecule has 0 aliphatic rings. The maximum atomic E-state index is 12.0. The van der Waals surface area contributed by atoms with Crippen LogP contribution >= 0.6 is 11.5 Å². The van der Waals surface area contributed by atoms with Gasteiger partial charge in [-0.1, -0.05) is 4.49 Å². The smallest absolute Gasteiger partial charge is 0.207 e. The number of carbonyl (C=O) groups excluding carboxylic acids is 1. The summed E-state index contributed by atoms with van der Waals surface area (Å²) < 4.78 is 9.14. The maximum absolute atomic E-state index is 12.0. The molecule has 88 valence electrons. The molecule has 0 unspecified atom stereocenters. The zero-order valence-electron chi connectivity index (χ0n) is 9.45. The van der Waals surface area contributed by atoms with Gasteiger partial charge in [0, 0.05) is 11.8 Å². The van der Waals surface area contributed by atoms with Gasteiger partial charge in [-0.3, -0.25) is 9.78 Å². The SMILES string of the molecule is CC(C)Oc1cncc(C(=O)c2cnns2)c1. The molecule has 0 fully saturated rings. The molecule has 2 rings (SSSR count). The number of rotatable bonds is 4. The van der Waals surface area contributed by atoms with E-state index in [-0.39, 0.29) is 11.9 Å². The van der Waals surface area contributed by atoms with Crippen molar-refractivity contribution in [2.24, 2.45) is 0 Å². The molecule has 5 nitrogen and oxygen atoms in total. The summed E-state index contributed by atoms with van der Waals surface area (Å²) in [5.74, 6) is 0.449. The lowest BCUT2D eigenvalue weighted by molar-refractivity contribution is 0.104. The van der Waals surface area contributed by atoms with Crippen molar-refractivity contribution in [2.45, 2.75) is 20.0 Å². The van der Waals surface area contributed by atoms with Crippen LogP contribution in [0, 0.1) is 0 Å². The van der Waals surface area contributed by atoms with Crippen molar-refractivity contribution in [1.82, 2.24) is 14.6 Å². The summed E-state index contributed by atoms with van der Waals surface area (Å²) in [6.45, 7) is 3.84. The monoisotopic (exact) mass is 249 g/mol. The van der Waals surface area contributed by atoms with E-state index in [0.29, 0.717) is 16.2 Å². The first-order chi connectivity index (χ1) is 8.16. The van der Waals surface area contributed by atoms with Crippen LogP contribution in [0.15, 0.2) is 24.7 Å². The summed E-state index contributed by atoms with van der Waals surface area (Å²) in [5.41, 5.74) is 0.481. The highest BCUT2D eigenvalue weighted by Crippen LogP contribution is 2.17. The summed E-state index contributed by atoms with van der Waals surface area (Å²) >= 11 is 1.07. The summed E-state index contributed by atoms with van der Waals surface area (Å²) in [5, 5.41) is 3.64. The molecule has 6 heteroatoms. The van der Waals surface area contributed by atoms with Gasteiger partial charge in [0.25, 0.3) is 0 Å². The van der Waals surface area contributed by atoms with E-state index in [9.17, 15) is 4.79 Å². The van der Waals surface area contributed by atoms with E-state index < -0.39 is 0 Å². The van der Waals surface area contributed by atoms with Crippen LogP contribution in [0.3, 0.4) is 0 Å². The van der Waals surface area contributed by atoms with Gasteiger partial charge in [0.15, 0.2) is 0 Å². The number of hydrogen-bond donors (Lipinski definition) is 0. The van der Waals surface area contributed by atoms with E-state index in [1.807, 2.05) is 13.8 Å². The van der Waals surface area contributed by atoms with Crippen molar-refractivity contribution in [2.75, 3.05) is 0 Å². The van der Waals surface area contributed by atoms with E-state index >= 15 is 0 Å². The van der Waals surface area contributed by atoms with E-state index in [0.717, 1.165) is 11.5 Å². The highest BCUT2D eigenvalue weighted by atomic mass is 32.1. The number of pyridine rings is 1. The van der Waals surface area contributed by atoms with Crippen LogP contribution in [0.4, 0.5) is 0 Å². The Labute approximate surface area is 103 Å². The van der Waals surface area contributed by atoms with Gasteiger partial charge in [-0.25, -0.2) is 0 Å². The van der Waals surface area contributed by atoms with E-state index in [2.05, 4.69) is 14.6 Å². The normalized spacial score (nSPS) is 10.5. The van der Waals surface area contributed by atoms with Crippen molar-refractivity contribution in [3.05, 3.63) is 35.1 Å². The Hall–Kier alpha value is -1.82. The number of hydrogen-bond acceptors (Lipinski definition) is 6. The molecule has 2 heterocycles. The minimum absolute atomic E-state index is 0.0484.